The number of fused-ring (bicyclic) bond motifs is 1. The molecule has 4 aromatic rings. The van der Waals surface area contributed by atoms with E-state index in [0.717, 1.165) is 11.2 Å². The molecule has 3 aromatic heterocycles. The van der Waals surface area contributed by atoms with Crippen LogP contribution < -0.4 is 5.32 Å². The number of rotatable bonds is 4. The first-order chi connectivity index (χ1) is 11.7. The first-order valence-electron chi connectivity index (χ1n) is 7.49. The van der Waals surface area contributed by atoms with Crippen LogP contribution in [-0.4, -0.2) is 25.1 Å². The molecule has 0 atom stereocenters. The summed E-state index contributed by atoms with van der Waals surface area (Å²) >= 11 is 0. The number of benzene rings is 1. The van der Waals surface area contributed by atoms with Crippen molar-refractivity contribution in [1.29, 1.82) is 0 Å². The molecule has 0 radical (unpaired) electrons. The number of hydrogen-bond donors (Lipinski definition) is 1. The third-order valence-electron chi connectivity index (χ3n) is 3.78. The zero-order valence-corrected chi connectivity index (χ0v) is 13.0. The molecular formula is C17H15N5O2. The van der Waals surface area contributed by atoms with E-state index in [2.05, 4.69) is 15.4 Å². The monoisotopic (exact) mass is 321 g/mol. The molecule has 1 aromatic carbocycles. The number of carbonyl (C=O) groups is 1. The Morgan fingerprint density at radius 1 is 1.25 bits per heavy atom. The van der Waals surface area contributed by atoms with Gasteiger partial charge in [-0.2, -0.15) is 5.10 Å². The molecular weight excluding hydrogens is 306 g/mol. The minimum Gasteiger partial charge on any atom is -0.444 e. The highest BCUT2D eigenvalue weighted by Gasteiger charge is 2.15. The second-order valence-electron chi connectivity index (χ2n) is 5.43. The summed E-state index contributed by atoms with van der Waals surface area (Å²) in [7, 11) is 1.87. The zero-order valence-electron chi connectivity index (χ0n) is 13.0. The topological polar surface area (TPSA) is 77.4 Å². The number of carbonyl (C=O) groups excluding carboxylic acids is 1. The smallest absolute Gasteiger partial charge is 0.257 e. The predicted octanol–water partition coefficient (Wildman–Crippen LogP) is 2.26. The van der Waals surface area contributed by atoms with Gasteiger partial charge in [0.25, 0.3) is 5.91 Å². The Morgan fingerprint density at radius 2 is 2.08 bits per heavy atom. The lowest BCUT2D eigenvalue weighted by atomic mass is 10.2. The van der Waals surface area contributed by atoms with Gasteiger partial charge in [-0.3, -0.25) is 4.79 Å². The lowest BCUT2D eigenvalue weighted by Gasteiger charge is -2.01. The van der Waals surface area contributed by atoms with E-state index < -0.39 is 0 Å². The number of aromatic nitrogens is 4. The summed E-state index contributed by atoms with van der Waals surface area (Å²) in [5.74, 6) is 0.339. The van der Waals surface area contributed by atoms with Crippen LogP contribution in [0.1, 0.15) is 16.1 Å². The Labute approximate surface area is 137 Å². The van der Waals surface area contributed by atoms with Gasteiger partial charge in [0.1, 0.15) is 17.5 Å². The van der Waals surface area contributed by atoms with Crippen molar-refractivity contribution in [2.24, 2.45) is 7.05 Å². The van der Waals surface area contributed by atoms with E-state index in [9.17, 15) is 4.79 Å². The summed E-state index contributed by atoms with van der Waals surface area (Å²) in [6, 6.07) is 9.63. The lowest BCUT2D eigenvalue weighted by molar-refractivity contribution is 0.0951. The molecule has 0 saturated carbocycles. The molecule has 3 heterocycles. The Hall–Kier alpha value is -3.35. The average molecular weight is 321 g/mol. The van der Waals surface area contributed by atoms with Gasteiger partial charge in [0.05, 0.1) is 18.4 Å². The second-order valence-corrected chi connectivity index (χ2v) is 5.43. The van der Waals surface area contributed by atoms with Gasteiger partial charge in [-0.05, 0) is 12.1 Å². The normalized spacial score (nSPS) is 11.0. The molecule has 1 N–H and O–H groups in total. The van der Waals surface area contributed by atoms with Crippen LogP contribution in [0.15, 0.2) is 59.6 Å². The number of imidazole rings is 1. The van der Waals surface area contributed by atoms with E-state index in [1.54, 1.807) is 23.2 Å². The minimum absolute atomic E-state index is 0.198. The van der Waals surface area contributed by atoms with E-state index in [-0.39, 0.29) is 12.5 Å². The molecule has 7 heteroatoms. The third-order valence-corrected chi connectivity index (χ3v) is 3.78. The SMILES string of the molecule is Cn1ccn2ncc(C(=O)NCc3coc(-c4ccccc4)n3)c12. The van der Waals surface area contributed by atoms with Gasteiger partial charge >= 0.3 is 0 Å². The van der Waals surface area contributed by atoms with E-state index in [1.165, 1.54) is 0 Å². The highest BCUT2D eigenvalue weighted by atomic mass is 16.3. The first kappa shape index (κ1) is 14.3. The van der Waals surface area contributed by atoms with E-state index in [4.69, 9.17) is 4.42 Å². The first-order valence-corrected chi connectivity index (χ1v) is 7.49. The van der Waals surface area contributed by atoms with Crippen LogP contribution in [-0.2, 0) is 13.6 Å². The van der Waals surface area contributed by atoms with Crippen LogP contribution in [0, 0.1) is 0 Å². The zero-order chi connectivity index (χ0) is 16.5. The molecule has 0 aliphatic rings. The molecule has 0 aliphatic carbocycles. The fourth-order valence-corrected chi connectivity index (χ4v) is 2.58. The van der Waals surface area contributed by atoms with Crippen LogP contribution in [0.3, 0.4) is 0 Å². The molecule has 7 nitrogen and oxygen atoms in total. The van der Waals surface area contributed by atoms with Crippen LogP contribution in [0.2, 0.25) is 0 Å². The van der Waals surface area contributed by atoms with Crippen molar-refractivity contribution < 1.29 is 9.21 Å². The number of nitrogens with zero attached hydrogens (tertiary/aromatic N) is 4. The van der Waals surface area contributed by atoms with Crippen LogP contribution in [0.25, 0.3) is 17.1 Å². The Bertz CT molecular complexity index is 997. The van der Waals surface area contributed by atoms with Gasteiger partial charge in [-0.1, -0.05) is 18.2 Å². The standard InChI is InChI=1S/C17H15N5O2/c1-21-7-8-22-17(21)14(10-19-22)15(23)18-9-13-11-24-16(20-13)12-5-3-2-4-6-12/h2-8,10-11H,9H2,1H3,(H,18,23). The van der Waals surface area contributed by atoms with Crippen molar-refractivity contribution in [3.8, 4) is 11.5 Å². The van der Waals surface area contributed by atoms with E-state index in [0.29, 0.717) is 17.1 Å². The summed E-state index contributed by atoms with van der Waals surface area (Å²) in [4.78, 5) is 16.8. The summed E-state index contributed by atoms with van der Waals surface area (Å²) in [5.41, 5.74) is 2.83. The van der Waals surface area contributed by atoms with Gasteiger partial charge in [0.2, 0.25) is 5.89 Å². The maximum Gasteiger partial charge on any atom is 0.257 e. The molecule has 0 fully saturated rings. The fraction of sp³-hybridized carbons (Fsp3) is 0.118. The Morgan fingerprint density at radius 3 is 2.92 bits per heavy atom. The quantitative estimate of drug-likeness (QED) is 0.625. The number of aryl methyl sites for hydroxylation is 1. The minimum atomic E-state index is -0.198. The van der Waals surface area contributed by atoms with Crippen LogP contribution in [0.4, 0.5) is 0 Å². The van der Waals surface area contributed by atoms with E-state index in [1.807, 2.05) is 48.1 Å². The van der Waals surface area contributed by atoms with Crippen LogP contribution >= 0.6 is 0 Å². The number of hydrogen-bond acceptors (Lipinski definition) is 4. The van der Waals surface area contributed by atoms with Gasteiger partial charge in [0, 0.05) is 25.0 Å². The molecule has 0 aliphatic heterocycles. The summed E-state index contributed by atoms with van der Waals surface area (Å²) in [6.45, 7) is 0.289. The largest absolute Gasteiger partial charge is 0.444 e. The summed E-state index contributed by atoms with van der Waals surface area (Å²) < 4.78 is 8.99. The fourth-order valence-electron chi connectivity index (χ4n) is 2.58. The molecule has 24 heavy (non-hydrogen) atoms. The maximum absolute atomic E-state index is 12.4. The molecule has 0 saturated heterocycles. The number of oxazole rings is 1. The van der Waals surface area contributed by atoms with Crippen molar-refractivity contribution in [2.45, 2.75) is 6.54 Å². The van der Waals surface area contributed by atoms with Gasteiger partial charge < -0.3 is 14.3 Å². The van der Waals surface area contributed by atoms with E-state index >= 15 is 0 Å². The summed E-state index contributed by atoms with van der Waals surface area (Å²) in [6.07, 6.45) is 6.76. The molecule has 1 amide bonds. The lowest BCUT2D eigenvalue weighted by Crippen LogP contribution is -2.23. The molecule has 120 valence electrons. The second kappa shape index (κ2) is 5.69. The highest BCUT2D eigenvalue weighted by Crippen LogP contribution is 2.18. The van der Waals surface area contributed by atoms with Gasteiger partial charge in [-0.15, -0.1) is 0 Å². The summed E-state index contributed by atoms with van der Waals surface area (Å²) in [5, 5.41) is 7.01. The average Bonchev–Trinajstić information content (AvgIpc) is 3.32. The number of amides is 1. The number of nitrogens with one attached hydrogen (secondary N) is 1. The van der Waals surface area contributed by atoms with Crippen molar-refractivity contribution in [2.75, 3.05) is 0 Å². The van der Waals surface area contributed by atoms with Crippen molar-refractivity contribution in [1.82, 2.24) is 24.5 Å². The van der Waals surface area contributed by atoms with Gasteiger partial charge in [-0.25, -0.2) is 9.50 Å². The Balaban J connectivity index is 1.48. The van der Waals surface area contributed by atoms with Crippen LogP contribution in [0.5, 0.6) is 0 Å². The molecule has 0 spiro atoms. The molecule has 0 unspecified atom stereocenters. The molecule has 0 bridgehead atoms. The molecule has 4 rings (SSSR count). The van der Waals surface area contributed by atoms with Crippen molar-refractivity contribution in [3.63, 3.8) is 0 Å². The Kier molecular flexibility index (Phi) is 3.38. The predicted molar refractivity (Wildman–Crippen MR) is 87.3 cm³/mol. The van der Waals surface area contributed by atoms with Gasteiger partial charge in [0.15, 0.2) is 0 Å². The van der Waals surface area contributed by atoms with Crippen molar-refractivity contribution in [3.05, 3.63) is 66.4 Å². The maximum atomic E-state index is 12.4. The third kappa shape index (κ3) is 2.45. The highest BCUT2D eigenvalue weighted by molar-refractivity contribution is 5.99. The van der Waals surface area contributed by atoms with Crippen molar-refractivity contribution >= 4 is 11.6 Å².